The molecule has 2 aromatic heterocycles. The Balaban J connectivity index is 1.65. The summed E-state index contributed by atoms with van der Waals surface area (Å²) in [5.74, 6) is 0.381. The number of fused-ring (bicyclic) bond motifs is 1. The fraction of sp³-hybridized carbons (Fsp3) is 0.207. The van der Waals surface area contributed by atoms with E-state index in [-0.39, 0.29) is 10.8 Å². The Morgan fingerprint density at radius 1 is 1.05 bits per heavy atom. The molecule has 0 saturated carbocycles. The van der Waals surface area contributed by atoms with Crippen molar-refractivity contribution in [3.05, 3.63) is 94.9 Å². The highest BCUT2D eigenvalue weighted by atomic mass is 32.2. The van der Waals surface area contributed by atoms with E-state index >= 15 is 0 Å². The molecule has 0 aliphatic rings. The number of sulfonamides is 1. The molecule has 0 saturated heterocycles. The number of esters is 1. The van der Waals surface area contributed by atoms with Gasteiger partial charge in [0.05, 0.1) is 34.3 Å². The van der Waals surface area contributed by atoms with Gasteiger partial charge in [0.1, 0.15) is 5.82 Å². The summed E-state index contributed by atoms with van der Waals surface area (Å²) >= 11 is 0. The number of aryl methyl sites for hydroxylation is 2. The van der Waals surface area contributed by atoms with Gasteiger partial charge in [-0.3, -0.25) is 0 Å². The summed E-state index contributed by atoms with van der Waals surface area (Å²) in [6.07, 6.45) is 0.619. The number of para-hydroxylation sites is 1. The number of nitrogens with one attached hydrogen (secondary N) is 1. The Labute approximate surface area is 226 Å². The molecule has 3 aromatic carbocycles. The Morgan fingerprint density at radius 3 is 2.49 bits per heavy atom. The molecule has 0 spiro atoms. The standard InChI is InChI=1S/C29H28N4O5S/c1-5-26-30-24-13-9-12-23(29(34)37-4)27(24)33(26)17-20-14-15-22(21-10-7-6-8-11-21)25(16-20)39(35,36)32-28-18(2)19(3)31-38-28/h6-16,32H,5,17H2,1-4H3. The third-order valence-corrected chi connectivity index (χ3v) is 8.08. The minimum atomic E-state index is -4.07. The van der Waals surface area contributed by atoms with Crippen LogP contribution < -0.4 is 4.72 Å². The van der Waals surface area contributed by atoms with E-state index in [9.17, 15) is 13.2 Å². The van der Waals surface area contributed by atoms with E-state index in [0.717, 1.165) is 11.4 Å². The second-order valence-electron chi connectivity index (χ2n) is 9.16. The van der Waals surface area contributed by atoms with Gasteiger partial charge in [0.15, 0.2) is 0 Å². The number of hydrogen-bond acceptors (Lipinski definition) is 7. The minimum Gasteiger partial charge on any atom is -0.465 e. The molecule has 0 aliphatic heterocycles. The zero-order chi connectivity index (χ0) is 27.7. The van der Waals surface area contributed by atoms with Crippen molar-refractivity contribution in [2.45, 2.75) is 38.6 Å². The van der Waals surface area contributed by atoms with Crippen LogP contribution in [0.2, 0.25) is 0 Å². The number of anilines is 1. The highest BCUT2D eigenvalue weighted by Gasteiger charge is 2.24. The van der Waals surface area contributed by atoms with Gasteiger partial charge in [-0.05, 0) is 43.2 Å². The quantitative estimate of drug-likeness (QED) is 0.256. The third-order valence-electron chi connectivity index (χ3n) is 6.71. The summed E-state index contributed by atoms with van der Waals surface area (Å²) < 4.78 is 42.3. The maximum absolute atomic E-state index is 13.8. The Morgan fingerprint density at radius 2 is 1.82 bits per heavy atom. The lowest BCUT2D eigenvalue weighted by Gasteiger charge is -2.15. The van der Waals surface area contributed by atoms with Crippen molar-refractivity contribution in [1.82, 2.24) is 14.7 Å². The highest BCUT2D eigenvalue weighted by Crippen LogP contribution is 2.32. The summed E-state index contributed by atoms with van der Waals surface area (Å²) in [5.41, 5.74) is 4.94. The van der Waals surface area contributed by atoms with Crippen molar-refractivity contribution >= 4 is 32.9 Å². The molecule has 0 amide bonds. The number of aromatic nitrogens is 3. The van der Waals surface area contributed by atoms with Crippen LogP contribution in [0.1, 0.15) is 39.9 Å². The van der Waals surface area contributed by atoms with Crippen LogP contribution >= 0.6 is 0 Å². The van der Waals surface area contributed by atoms with Crippen molar-refractivity contribution < 1.29 is 22.5 Å². The van der Waals surface area contributed by atoms with Gasteiger partial charge in [-0.25, -0.2) is 22.9 Å². The van der Waals surface area contributed by atoms with E-state index in [0.29, 0.717) is 51.9 Å². The van der Waals surface area contributed by atoms with Crippen LogP contribution in [0, 0.1) is 13.8 Å². The third kappa shape index (κ3) is 4.90. The molecular formula is C29H28N4O5S. The number of imidazole rings is 1. The second-order valence-corrected chi connectivity index (χ2v) is 10.8. The van der Waals surface area contributed by atoms with Gasteiger partial charge in [0.2, 0.25) is 5.88 Å². The zero-order valence-electron chi connectivity index (χ0n) is 22.1. The van der Waals surface area contributed by atoms with Gasteiger partial charge < -0.3 is 13.8 Å². The lowest BCUT2D eigenvalue weighted by molar-refractivity contribution is 0.0602. The van der Waals surface area contributed by atoms with Crippen LogP contribution in [-0.2, 0) is 27.7 Å². The van der Waals surface area contributed by atoms with Crippen molar-refractivity contribution in [2.24, 2.45) is 0 Å². The molecule has 5 aromatic rings. The van der Waals surface area contributed by atoms with Crippen molar-refractivity contribution in [3.63, 3.8) is 0 Å². The summed E-state index contributed by atoms with van der Waals surface area (Å²) in [7, 11) is -2.73. The Hall–Kier alpha value is -4.44. The number of benzene rings is 3. The minimum absolute atomic E-state index is 0.0773. The molecule has 0 fully saturated rings. The van der Waals surface area contributed by atoms with Crippen molar-refractivity contribution in [1.29, 1.82) is 0 Å². The van der Waals surface area contributed by atoms with E-state index in [1.807, 2.05) is 54.0 Å². The SMILES string of the molecule is CCc1nc2cccc(C(=O)OC)c2n1Cc1ccc(-c2ccccc2)c(S(=O)(=O)Nc2onc(C)c2C)c1. The predicted molar refractivity (Wildman–Crippen MR) is 148 cm³/mol. The molecule has 0 radical (unpaired) electrons. The molecular weight excluding hydrogens is 516 g/mol. The molecule has 10 heteroatoms. The summed E-state index contributed by atoms with van der Waals surface area (Å²) in [6, 6.07) is 20.0. The van der Waals surface area contributed by atoms with Crippen LogP contribution in [0.4, 0.5) is 5.88 Å². The van der Waals surface area contributed by atoms with Crippen LogP contribution in [0.25, 0.3) is 22.2 Å². The Kier molecular flexibility index (Phi) is 6.96. The predicted octanol–water partition coefficient (Wildman–Crippen LogP) is 5.51. The van der Waals surface area contributed by atoms with E-state index < -0.39 is 16.0 Å². The van der Waals surface area contributed by atoms with E-state index in [1.165, 1.54) is 7.11 Å². The summed E-state index contributed by atoms with van der Waals surface area (Å²) in [5, 5.41) is 3.87. The first-order valence-electron chi connectivity index (χ1n) is 12.4. The monoisotopic (exact) mass is 544 g/mol. The first kappa shape index (κ1) is 26.2. The Bertz CT molecular complexity index is 1790. The molecule has 9 nitrogen and oxygen atoms in total. The topological polar surface area (TPSA) is 116 Å². The summed E-state index contributed by atoms with van der Waals surface area (Å²) in [4.78, 5) is 17.4. The lowest BCUT2D eigenvalue weighted by Crippen LogP contribution is -2.15. The zero-order valence-corrected chi connectivity index (χ0v) is 22.9. The average molecular weight is 545 g/mol. The van der Waals surface area contributed by atoms with Crippen LogP contribution in [0.15, 0.2) is 76.1 Å². The van der Waals surface area contributed by atoms with Gasteiger partial charge in [0.25, 0.3) is 10.0 Å². The number of carbonyl (C=O) groups is 1. The van der Waals surface area contributed by atoms with Crippen LogP contribution in [0.3, 0.4) is 0 Å². The second kappa shape index (κ2) is 10.4. The van der Waals surface area contributed by atoms with Gasteiger partial charge >= 0.3 is 5.97 Å². The number of ether oxygens (including phenoxy) is 1. The maximum Gasteiger partial charge on any atom is 0.340 e. The largest absolute Gasteiger partial charge is 0.465 e. The van der Waals surface area contributed by atoms with E-state index in [2.05, 4.69) is 9.88 Å². The van der Waals surface area contributed by atoms with Gasteiger partial charge in [-0.2, -0.15) is 0 Å². The van der Waals surface area contributed by atoms with Crippen LogP contribution in [0.5, 0.6) is 0 Å². The highest BCUT2D eigenvalue weighted by molar-refractivity contribution is 7.92. The van der Waals surface area contributed by atoms with Gasteiger partial charge in [-0.15, -0.1) is 0 Å². The van der Waals surface area contributed by atoms with Crippen molar-refractivity contribution in [2.75, 3.05) is 11.8 Å². The molecule has 200 valence electrons. The number of hydrogen-bond donors (Lipinski definition) is 1. The molecule has 39 heavy (non-hydrogen) atoms. The van der Waals surface area contributed by atoms with Gasteiger partial charge in [-0.1, -0.05) is 60.6 Å². The van der Waals surface area contributed by atoms with E-state index in [1.54, 1.807) is 38.1 Å². The molecule has 0 unspecified atom stereocenters. The number of rotatable bonds is 8. The maximum atomic E-state index is 13.8. The first-order valence-corrected chi connectivity index (χ1v) is 13.9. The first-order chi connectivity index (χ1) is 18.7. The molecule has 0 aliphatic carbocycles. The summed E-state index contributed by atoms with van der Waals surface area (Å²) in [6.45, 7) is 5.77. The smallest absolute Gasteiger partial charge is 0.340 e. The fourth-order valence-electron chi connectivity index (χ4n) is 4.56. The van der Waals surface area contributed by atoms with Crippen LogP contribution in [-0.4, -0.2) is 36.2 Å². The number of nitrogens with zero attached hydrogens (tertiary/aromatic N) is 3. The number of methoxy groups -OCH3 is 1. The molecule has 1 N–H and O–H groups in total. The number of carbonyl (C=O) groups excluding carboxylic acids is 1. The van der Waals surface area contributed by atoms with Gasteiger partial charge in [0, 0.05) is 24.1 Å². The molecule has 0 bridgehead atoms. The average Bonchev–Trinajstić information content (AvgIpc) is 3.47. The molecule has 2 heterocycles. The normalized spacial score (nSPS) is 11.6. The molecule has 0 atom stereocenters. The fourth-order valence-corrected chi connectivity index (χ4v) is 5.89. The van der Waals surface area contributed by atoms with Crippen molar-refractivity contribution in [3.8, 4) is 11.1 Å². The lowest BCUT2D eigenvalue weighted by atomic mass is 10.0. The molecule has 5 rings (SSSR count). The van der Waals surface area contributed by atoms with E-state index in [4.69, 9.17) is 14.2 Å².